The lowest BCUT2D eigenvalue weighted by molar-refractivity contribution is -0.128. The van der Waals surface area contributed by atoms with E-state index in [0.29, 0.717) is 37.5 Å². The number of fused-ring (bicyclic) bond motifs is 1. The van der Waals surface area contributed by atoms with Gasteiger partial charge in [-0.3, -0.25) is 14.4 Å². The van der Waals surface area contributed by atoms with Crippen LogP contribution >= 0.6 is 11.6 Å². The number of ether oxygens (including phenoxy) is 1. The van der Waals surface area contributed by atoms with Crippen molar-refractivity contribution >= 4 is 29.0 Å². The first kappa shape index (κ1) is 30.4. The fourth-order valence-corrected chi connectivity index (χ4v) is 4.92. The molecule has 4 rings (SSSR count). The summed E-state index contributed by atoms with van der Waals surface area (Å²) in [7, 11) is 0. The summed E-state index contributed by atoms with van der Waals surface area (Å²) >= 11 is 5.91. The predicted octanol–water partition coefficient (Wildman–Crippen LogP) is 6.09. The molecule has 5 nitrogen and oxygen atoms in total. The molecule has 0 radical (unpaired) electrons. The van der Waals surface area contributed by atoms with Gasteiger partial charge in [0.1, 0.15) is 10.5 Å². The number of carbonyl (C=O) groups is 3. The van der Waals surface area contributed by atoms with E-state index in [4.69, 9.17) is 16.3 Å². The smallest absolute Gasteiger partial charge is 0.167 e. The standard InChI is InChI=1S/C10H15ClO2.C10H14O2.C10H14O/c1-6(2)7-4-8(12)10(3,11)9(13)5-7;1-6(2)7-4-8(11)10(3)9(5-7)12-10;1-7(2)9-5-4-8(3)10(11)6-9/h7-8,12H,1,4-5H2,2-3H3;7,9H,1,4-5H2,2-3H3;4,9H,1,5-6H2,2-3H3/t7-,8-,10+;7-,9+,10-;9-/m010/s1. The van der Waals surface area contributed by atoms with Crippen molar-refractivity contribution in [2.45, 2.75) is 103 Å². The number of aliphatic hydroxyl groups excluding tert-OH is 1. The Morgan fingerprint density at radius 1 is 0.917 bits per heavy atom. The second kappa shape index (κ2) is 11.7. The van der Waals surface area contributed by atoms with Gasteiger partial charge in [-0.1, -0.05) is 42.5 Å². The molecule has 2 saturated carbocycles. The number of ketones is 3. The Kier molecular flexibility index (Phi) is 9.89. The monoisotopic (exact) mass is 518 g/mol. The molecule has 7 atom stereocenters. The van der Waals surface area contributed by atoms with Crippen LogP contribution in [0.25, 0.3) is 0 Å². The summed E-state index contributed by atoms with van der Waals surface area (Å²) < 4.78 is 5.37. The normalized spacial score (nSPS) is 37.3. The summed E-state index contributed by atoms with van der Waals surface area (Å²) in [5.74, 6) is 1.30. The van der Waals surface area contributed by atoms with Gasteiger partial charge >= 0.3 is 0 Å². The number of halogens is 1. The molecule has 0 spiro atoms. The van der Waals surface area contributed by atoms with Gasteiger partial charge in [-0.2, -0.15) is 0 Å². The number of hydrogen-bond acceptors (Lipinski definition) is 5. The fourth-order valence-electron chi connectivity index (χ4n) is 4.76. The molecule has 0 bridgehead atoms. The maximum Gasteiger partial charge on any atom is 0.167 e. The Morgan fingerprint density at radius 3 is 1.86 bits per heavy atom. The van der Waals surface area contributed by atoms with Gasteiger partial charge in [0, 0.05) is 19.3 Å². The summed E-state index contributed by atoms with van der Waals surface area (Å²) in [6.45, 7) is 22.7. The number of carbonyl (C=O) groups excluding carboxylic acids is 3. The molecule has 36 heavy (non-hydrogen) atoms. The molecule has 1 aliphatic heterocycles. The molecule has 6 heteroatoms. The first-order chi connectivity index (χ1) is 16.5. The van der Waals surface area contributed by atoms with Gasteiger partial charge < -0.3 is 9.84 Å². The third-order valence-electron chi connectivity index (χ3n) is 8.21. The molecule has 0 aromatic carbocycles. The van der Waals surface area contributed by atoms with Gasteiger partial charge in [0.05, 0.1) is 12.2 Å². The van der Waals surface area contributed by atoms with Gasteiger partial charge in [0.15, 0.2) is 17.3 Å². The molecule has 0 amide bonds. The molecule has 4 aliphatic rings. The zero-order valence-corrected chi connectivity index (χ0v) is 23.5. The second-order valence-corrected chi connectivity index (χ2v) is 12.2. The first-order valence-electron chi connectivity index (χ1n) is 12.8. The van der Waals surface area contributed by atoms with E-state index in [1.807, 2.05) is 40.7 Å². The Balaban J connectivity index is 0.000000191. The lowest BCUT2D eigenvalue weighted by Crippen LogP contribution is -2.47. The van der Waals surface area contributed by atoms with E-state index in [9.17, 15) is 19.5 Å². The zero-order valence-electron chi connectivity index (χ0n) is 22.8. The van der Waals surface area contributed by atoms with Crippen LogP contribution in [0.4, 0.5) is 0 Å². The highest BCUT2D eigenvalue weighted by Gasteiger charge is 2.61. The summed E-state index contributed by atoms with van der Waals surface area (Å²) in [5.41, 5.74) is 3.69. The Labute approximate surface area is 221 Å². The lowest BCUT2D eigenvalue weighted by atomic mass is 9.77. The van der Waals surface area contributed by atoms with E-state index in [1.165, 1.54) is 0 Å². The lowest BCUT2D eigenvalue weighted by Gasteiger charge is -2.35. The average molecular weight is 519 g/mol. The number of alkyl halides is 1. The van der Waals surface area contributed by atoms with Gasteiger partial charge in [-0.25, -0.2) is 0 Å². The van der Waals surface area contributed by atoms with Crippen LogP contribution in [-0.4, -0.2) is 45.1 Å². The number of rotatable bonds is 3. The summed E-state index contributed by atoms with van der Waals surface area (Å²) in [4.78, 5) is 33.1. The molecule has 3 fully saturated rings. The second-order valence-electron chi connectivity index (χ2n) is 11.4. The average Bonchev–Trinajstić information content (AvgIpc) is 3.46. The van der Waals surface area contributed by atoms with E-state index in [-0.39, 0.29) is 29.4 Å². The molecule has 0 aromatic rings. The fraction of sp³-hybridized carbons (Fsp3) is 0.633. The van der Waals surface area contributed by atoms with Crippen molar-refractivity contribution < 1.29 is 24.2 Å². The van der Waals surface area contributed by atoms with Crippen LogP contribution in [-0.2, 0) is 19.1 Å². The molecular formula is C30H43ClO5. The highest BCUT2D eigenvalue weighted by molar-refractivity contribution is 6.35. The number of hydrogen-bond donors (Lipinski definition) is 1. The van der Waals surface area contributed by atoms with E-state index in [1.54, 1.807) is 6.92 Å². The van der Waals surface area contributed by atoms with Crippen molar-refractivity contribution in [2.24, 2.45) is 17.8 Å². The van der Waals surface area contributed by atoms with Crippen LogP contribution in [0, 0.1) is 17.8 Å². The Hall–Kier alpha value is -1.82. The highest BCUT2D eigenvalue weighted by atomic mass is 35.5. The first-order valence-corrected chi connectivity index (χ1v) is 13.2. The van der Waals surface area contributed by atoms with E-state index in [0.717, 1.165) is 35.1 Å². The molecule has 1 saturated heterocycles. The SMILES string of the molecule is C=C(C)[C@@H]1CC(=O)[C@@]2(C)O[C@H]2C1.C=C(C)[C@@H]1CC(=O)[C@](C)(Cl)[C@@H](O)C1.C=C(C)[C@H]1CC=C(C)C(=O)C1. The van der Waals surface area contributed by atoms with Crippen molar-refractivity contribution in [3.05, 3.63) is 48.1 Å². The van der Waals surface area contributed by atoms with Crippen molar-refractivity contribution in [1.29, 1.82) is 0 Å². The quantitative estimate of drug-likeness (QED) is 0.278. The number of Topliss-reactive ketones (excluding diaryl/α,β-unsaturated/α-hetero) is 3. The molecule has 0 aromatic heterocycles. The number of aliphatic hydroxyl groups is 1. The van der Waals surface area contributed by atoms with Crippen LogP contribution in [0.5, 0.6) is 0 Å². The molecular weight excluding hydrogens is 476 g/mol. The topological polar surface area (TPSA) is 84.0 Å². The largest absolute Gasteiger partial charge is 0.391 e. The van der Waals surface area contributed by atoms with Crippen molar-refractivity contribution in [1.82, 2.24) is 0 Å². The third kappa shape index (κ3) is 7.14. The molecule has 3 aliphatic carbocycles. The predicted molar refractivity (Wildman–Crippen MR) is 145 cm³/mol. The zero-order chi connectivity index (χ0) is 27.6. The van der Waals surface area contributed by atoms with Gasteiger partial charge in [0.25, 0.3) is 0 Å². The van der Waals surface area contributed by atoms with Crippen LogP contribution < -0.4 is 0 Å². The van der Waals surface area contributed by atoms with Crippen molar-refractivity contribution in [2.75, 3.05) is 0 Å². The minimum absolute atomic E-state index is 0.0825. The van der Waals surface area contributed by atoms with Gasteiger partial charge in [-0.05, 0) is 84.1 Å². The Bertz CT molecular complexity index is 974. The van der Waals surface area contributed by atoms with Gasteiger partial charge in [-0.15, -0.1) is 11.6 Å². The van der Waals surface area contributed by atoms with E-state index in [2.05, 4.69) is 19.7 Å². The Morgan fingerprint density at radius 2 is 1.42 bits per heavy atom. The minimum Gasteiger partial charge on any atom is -0.391 e. The van der Waals surface area contributed by atoms with E-state index >= 15 is 0 Å². The van der Waals surface area contributed by atoms with Crippen LogP contribution in [0.3, 0.4) is 0 Å². The van der Waals surface area contributed by atoms with E-state index < -0.39 is 16.6 Å². The molecule has 1 heterocycles. The highest BCUT2D eigenvalue weighted by Crippen LogP contribution is 2.48. The van der Waals surface area contributed by atoms with Crippen LogP contribution in [0.1, 0.15) is 80.1 Å². The maximum atomic E-state index is 11.5. The minimum atomic E-state index is -1.09. The molecule has 200 valence electrons. The molecule has 0 unspecified atom stereocenters. The molecule has 1 N–H and O–H groups in total. The van der Waals surface area contributed by atoms with Crippen molar-refractivity contribution in [3.63, 3.8) is 0 Å². The third-order valence-corrected chi connectivity index (χ3v) is 8.67. The summed E-state index contributed by atoms with van der Waals surface area (Å²) in [6, 6.07) is 0. The number of epoxide rings is 1. The van der Waals surface area contributed by atoms with Crippen LogP contribution in [0.15, 0.2) is 48.1 Å². The summed E-state index contributed by atoms with van der Waals surface area (Å²) in [5, 5.41) is 9.63. The number of allylic oxidation sites excluding steroid dienone is 5. The van der Waals surface area contributed by atoms with Crippen molar-refractivity contribution in [3.8, 4) is 0 Å². The van der Waals surface area contributed by atoms with Crippen LogP contribution in [0.2, 0.25) is 0 Å². The summed E-state index contributed by atoms with van der Waals surface area (Å²) in [6.07, 6.45) is 5.67. The maximum absolute atomic E-state index is 11.5. The van der Waals surface area contributed by atoms with Gasteiger partial charge in [0.2, 0.25) is 0 Å².